The SMILES string of the molecule is C=CCCCO[C@@H]1O[C@H](CO[C@@H]2O[C@H](COC(=O)c3ccccc3)[C@@H](OC(=O)c3ccccc3)[C@H](OC(=O)c3ccccc3)[C@H]2N)[C@@H](OCc2ccccc2)[C@H](OC(=O)c2ccccc2)[C@H]1NC(=O)CCC=C. The van der Waals surface area contributed by atoms with Crippen molar-refractivity contribution in [1.82, 2.24) is 5.32 Å². The standard InChI is InChI=1S/C57H60N2O14/c1-3-5-22-34-65-57-47(59-45(60)33-6-4-2)51(73-55(64)42-31-20-11-21-32-42)48(66-35-38-23-12-7-13-24-38)43(70-57)37-68-56-46(58)50(72-54(63)41-29-18-10-19-30-41)49(71-53(62)40-27-16-9-17-28-40)44(69-56)36-67-52(61)39-25-14-8-15-26-39/h3-4,7-21,23-32,43-44,46-51,56-57H,1-2,5-6,22,33-37,58H2,(H,59,60)/t43-,44-,46-,47-,48-,49-,50-,51-,56-,57-/m1/s1. The Bertz CT molecular complexity index is 2550. The quantitative estimate of drug-likeness (QED) is 0.0269. The number of unbranched alkanes of at least 4 members (excludes halogenated alkanes) is 1. The van der Waals surface area contributed by atoms with E-state index in [2.05, 4.69) is 18.5 Å². The van der Waals surface area contributed by atoms with Crippen molar-refractivity contribution in [3.63, 3.8) is 0 Å². The molecule has 73 heavy (non-hydrogen) atoms. The number of nitrogens with two attached hydrogens (primary N) is 1. The molecule has 16 heteroatoms. The normalized spacial score (nSPS) is 23.5. The van der Waals surface area contributed by atoms with Crippen LogP contribution in [-0.4, -0.2) is 111 Å². The molecule has 0 spiro atoms. The first-order chi connectivity index (χ1) is 35.6. The summed E-state index contributed by atoms with van der Waals surface area (Å²) in [5.74, 6) is -3.40. The van der Waals surface area contributed by atoms with Gasteiger partial charge in [0.1, 0.15) is 31.0 Å². The minimum Gasteiger partial charge on any atom is -0.459 e. The Morgan fingerprint density at radius 1 is 0.521 bits per heavy atom. The van der Waals surface area contributed by atoms with Gasteiger partial charge >= 0.3 is 23.9 Å². The maximum atomic E-state index is 14.1. The first-order valence-corrected chi connectivity index (χ1v) is 24.1. The van der Waals surface area contributed by atoms with E-state index in [0.29, 0.717) is 19.3 Å². The van der Waals surface area contributed by atoms with E-state index in [9.17, 15) is 24.0 Å². The second kappa shape index (κ2) is 27.5. The summed E-state index contributed by atoms with van der Waals surface area (Å²) in [6.45, 7) is 6.82. The number of nitrogens with one attached hydrogen (secondary N) is 1. The van der Waals surface area contributed by atoms with Crippen LogP contribution < -0.4 is 11.1 Å². The molecule has 2 saturated heterocycles. The van der Waals surface area contributed by atoms with Crippen LogP contribution in [0.5, 0.6) is 0 Å². The predicted molar refractivity (Wildman–Crippen MR) is 267 cm³/mol. The highest BCUT2D eigenvalue weighted by atomic mass is 16.7. The number of carbonyl (C=O) groups excluding carboxylic acids is 5. The third kappa shape index (κ3) is 15.1. The molecule has 10 atom stereocenters. The maximum Gasteiger partial charge on any atom is 0.338 e. The molecule has 0 unspecified atom stereocenters. The highest BCUT2D eigenvalue weighted by Gasteiger charge is 2.53. The van der Waals surface area contributed by atoms with Crippen molar-refractivity contribution >= 4 is 29.8 Å². The summed E-state index contributed by atoms with van der Waals surface area (Å²) in [7, 11) is 0. The average Bonchev–Trinajstić information content (AvgIpc) is 3.43. The van der Waals surface area contributed by atoms with Crippen molar-refractivity contribution < 1.29 is 66.6 Å². The van der Waals surface area contributed by atoms with Gasteiger partial charge in [0.05, 0.1) is 48.1 Å². The van der Waals surface area contributed by atoms with Gasteiger partial charge in [-0.2, -0.15) is 0 Å². The molecule has 382 valence electrons. The zero-order valence-electron chi connectivity index (χ0n) is 40.2. The Hall–Kier alpha value is -7.31. The minimum absolute atomic E-state index is 0.00696. The molecule has 3 N–H and O–H groups in total. The fourth-order valence-corrected chi connectivity index (χ4v) is 8.16. The molecule has 5 aromatic carbocycles. The number of ether oxygens (including phenoxy) is 9. The maximum absolute atomic E-state index is 14.1. The molecule has 0 radical (unpaired) electrons. The molecule has 0 aliphatic carbocycles. The number of amides is 1. The van der Waals surface area contributed by atoms with E-state index in [1.54, 1.807) is 133 Å². The van der Waals surface area contributed by atoms with E-state index < -0.39 is 98.4 Å². The summed E-state index contributed by atoms with van der Waals surface area (Å²) in [4.78, 5) is 68.8. The van der Waals surface area contributed by atoms with Crippen molar-refractivity contribution in [2.45, 2.75) is 93.6 Å². The monoisotopic (exact) mass is 996 g/mol. The third-order valence-corrected chi connectivity index (χ3v) is 11.9. The molecule has 1 amide bonds. The topological polar surface area (TPSA) is 206 Å². The molecule has 2 heterocycles. The van der Waals surface area contributed by atoms with E-state index in [1.807, 2.05) is 30.3 Å². The van der Waals surface area contributed by atoms with Crippen LogP contribution in [-0.2, 0) is 54.0 Å². The molecule has 2 fully saturated rings. The molecular weight excluding hydrogens is 937 g/mol. The average molecular weight is 997 g/mol. The summed E-state index contributed by atoms with van der Waals surface area (Å²) in [5, 5.41) is 2.99. The zero-order chi connectivity index (χ0) is 51.4. The van der Waals surface area contributed by atoms with Crippen LogP contribution >= 0.6 is 0 Å². The number of allylic oxidation sites excluding steroid dienone is 2. The number of benzene rings is 5. The fraction of sp³-hybridized carbons (Fsp3) is 0.316. The first-order valence-electron chi connectivity index (χ1n) is 24.1. The molecule has 0 aromatic heterocycles. The molecule has 0 saturated carbocycles. The number of hydrogen-bond donors (Lipinski definition) is 2. The number of esters is 4. The van der Waals surface area contributed by atoms with E-state index >= 15 is 0 Å². The smallest absolute Gasteiger partial charge is 0.338 e. The van der Waals surface area contributed by atoms with Gasteiger partial charge in [0.2, 0.25) is 5.91 Å². The Balaban J connectivity index is 1.25. The molecular formula is C57H60N2O14. The largest absolute Gasteiger partial charge is 0.459 e. The number of rotatable bonds is 24. The second-order valence-corrected chi connectivity index (χ2v) is 17.2. The summed E-state index contributed by atoms with van der Waals surface area (Å²) < 4.78 is 57.1. The van der Waals surface area contributed by atoms with Crippen molar-refractivity contribution in [2.24, 2.45) is 5.73 Å². The fourth-order valence-electron chi connectivity index (χ4n) is 8.16. The van der Waals surface area contributed by atoms with Crippen LogP contribution in [0, 0.1) is 0 Å². The molecule has 2 aliphatic rings. The second-order valence-electron chi connectivity index (χ2n) is 17.2. The predicted octanol–water partition coefficient (Wildman–Crippen LogP) is 7.33. The van der Waals surface area contributed by atoms with Crippen molar-refractivity contribution in [2.75, 3.05) is 19.8 Å². The third-order valence-electron chi connectivity index (χ3n) is 11.9. The van der Waals surface area contributed by atoms with E-state index in [0.717, 1.165) is 5.56 Å². The van der Waals surface area contributed by atoms with Gasteiger partial charge < -0.3 is 53.7 Å². The Kier molecular flexibility index (Phi) is 20.1. The van der Waals surface area contributed by atoms with Gasteiger partial charge in [-0.25, -0.2) is 19.2 Å². The van der Waals surface area contributed by atoms with Crippen LogP contribution in [0.4, 0.5) is 0 Å². The zero-order valence-corrected chi connectivity index (χ0v) is 40.2. The highest BCUT2D eigenvalue weighted by Crippen LogP contribution is 2.33. The van der Waals surface area contributed by atoms with Crippen molar-refractivity contribution in [1.29, 1.82) is 0 Å². The summed E-state index contributed by atoms with van der Waals surface area (Å²) in [6.07, 6.45) is -5.59. The number of hydrogen-bond acceptors (Lipinski definition) is 15. The minimum atomic E-state index is -1.48. The summed E-state index contributed by atoms with van der Waals surface area (Å²) >= 11 is 0. The van der Waals surface area contributed by atoms with E-state index in [4.69, 9.17) is 48.4 Å². The molecule has 5 aromatic rings. The Morgan fingerprint density at radius 3 is 1.52 bits per heavy atom. The molecule has 0 bridgehead atoms. The van der Waals surface area contributed by atoms with Crippen LogP contribution in [0.25, 0.3) is 0 Å². The van der Waals surface area contributed by atoms with Gasteiger partial charge in [-0.1, -0.05) is 115 Å². The van der Waals surface area contributed by atoms with Gasteiger partial charge in [-0.15, -0.1) is 13.2 Å². The molecule has 7 rings (SSSR count). The van der Waals surface area contributed by atoms with Crippen LogP contribution in [0.2, 0.25) is 0 Å². The van der Waals surface area contributed by atoms with E-state index in [-0.39, 0.29) is 47.8 Å². The Morgan fingerprint density at radius 2 is 0.986 bits per heavy atom. The van der Waals surface area contributed by atoms with E-state index in [1.165, 1.54) is 0 Å². The number of carbonyl (C=O) groups is 5. The van der Waals surface area contributed by atoms with Crippen molar-refractivity contribution in [3.8, 4) is 0 Å². The molecule has 16 nitrogen and oxygen atoms in total. The van der Waals surface area contributed by atoms with Crippen LogP contribution in [0.15, 0.2) is 177 Å². The molecule has 2 aliphatic heterocycles. The highest BCUT2D eigenvalue weighted by molar-refractivity contribution is 5.91. The lowest BCUT2D eigenvalue weighted by molar-refractivity contribution is -0.306. The lowest BCUT2D eigenvalue weighted by Crippen LogP contribution is -2.67. The van der Waals surface area contributed by atoms with Gasteiger partial charge in [0.25, 0.3) is 0 Å². The van der Waals surface area contributed by atoms with Crippen molar-refractivity contribution in [3.05, 3.63) is 205 Å². The lowest BCUT2D eigenvalue weighted by atomic mass is 9.95. The van der Waals surface area contributed by atoms with Gasteiger partial charge in [-0.05, 0) is 73.4 Å². The van der Waals surface area contributed by atoms with Gasteiger partial charge in [-0.3, -0.25) is 4.79 Å². The van der Waals surface area contributed by atoms with Gasteiger partial charge in [0.15, 0.2) is 30.9 Å². The van der Waals surface area contributed by atoms with Gasteiger partial charge in [0, 0.05) is 6.42 Å². The lowest BCUT2D eigenvalue weighted by Gasteiger charge is -2.47. The summed E-state index contributed by atoms with van der Waals surface area (Å²) in [6, 6.07) is 39.7. The van der Waals surface area contributed by atoms with Crippen LogP contribution in [0.3, 0.4) is 0 Å². The summed E-state index contributed by atoms with van der Waals surface area (Å²) in [5.41, 5.74) is 8.59. The first kappa shape index (κ1) is 53.5. The van der Waals surface area contributed by atoms with Crippen LogP contribution in [0.1, 0.15) is 72.7 Å². The Labute approximate surface area is 424 Å².